The average Bonchev–Trinajstić information content (AvgIpc) is 2.99. The number of rotatable bonds is 16. The number of aryl methyl sites for hydroxylation is 2. The molecule has 0 aliphatic rings. The second kappa shape index (κ2) is 16.9. The molecule has 0 atom stereocenters. The Balaban J connectivity index is 1.60. The van der Waals surface area contributed by atoms with Gasteiger partial charge in [-0.1, -0.05) is 42.7 Å². The number of ether oxygens (including phenoxy) is 2. The van der Waals surface area contributed by atoms with E-state index < -0.39 is 22.8 Å². The summed E-state index contributed by atoms with van der Waals surface area (Å²) in [5.41, 5.74) is 2.43. The van der Waals surface area contributed by atoms with Gasteiger partial charge >= 0.3 is 11.9 Å². The van der Waals surface area contributed by atoms with Crippen molar-refractivity contribution in [3.8, 4) is 5.75 Å². The van der Waals surface area contributed by atoms with Gasteiger partial charge in [0.15, 0.2) is 0 Å². The lowest BCUT2D eigenvalue weighted by molar-refractivity contribution is -0.432. The molecule has 0 unspecified atom stereocenters. The first-order valence-corrected chi connectivity index (χ1v) is 15.3. The fraction of sp³-hybridized carbons (Fsp3) is 0.241. The number of carbonyl (C=O) groups is 2. The number of carbonyl (C=O) groups excluding carboxylic acids is 2. The SMILES string of the molecule is C=CC(=O)OCCCCCCc1ccc(C(=O)Oc2ccc(N=Nc3ccc(C)c(S(O)(O)O)c3)cc2SOOO)cc1. The number of nitrogens with zero attached hydrogens (tertiary/aromatic N) is 2. The molecule has 0 aliphatic heterocycles. The first-order valence-electron chi connectivity index (χ1n) is 13.0. The molecule has 0 spiro atoms. The van der Waals surface area contributed by atoms with Crippen molar-refractivity contribution in [2.75, 3.05) is 6.61 Å². The van der Waals surface area contributed by atoms with E-state index in [0.29, 0.717) is 35.5 Å². The van der Waals surface area contributed by atoms with Crippen molar-refractivity contribution in [1.82, 2.24) is 0 Å². The Hall–Kier alpha value is -3.60. The molecule has 0 aromatic heterocycles. The van der Waals surface area contributed by atoms with Crippen LogP contribution in [0.3, 0.4) is 0 Å². The Morgan fingerprint density at radius 1 is 0.930 bits per heavy atom. The predicted octanol–water partition coefficient (Wildman–Crippen LogP) is 8.47. The van der Waals surface area contributed by atoms with Crippen molar-refractivity contribution in [2.24, 2.45) is 10.2 Å². The third-order valence-electron chi connectivity index (χ3n) is 5.99. The molecule has 0 bridgehead atoms. The maximum atomic E-state index is 12.8. The molecule has 0 heterocycles. The minimum Gasteiger partial charge on any atom is -0.463 e. The van der Waals surface area contributed by atoms with Crippen LogP contribution in [-0.2, 0) is 25.3 Å². The quantitative estimate of drug-likeness (QED) is 0.0174. The molecule has 0 saturated carbocycles. The largest absolute Gasteiger partial charge is 0.463 e. The van der Waals surface area contributed by atoms with E-state index in [1.54, 1.807) is 31.2 Å². The Morgan fingerprint density at radius 3 is 2.28 bits per heavy atom. The van der Waals surface area contributed by atoms with Crippen molar-refractivity contribution >= 4 is 46.2 Å². The fourth-order valence-corrected chi connectivity index (χ4v) is 5.05. The number of hydrogen-bond acceptors (Lipinski definition) is 13. The lowest BCUT2D eigenvalue weighted by atomic mass is 10.0. The summed E-state index contributed by atoms with van der Waals surface area (Å²) < 4.78 is 43.8. The molecular weight excluding hydrogens is 600 g/mol. The van der Waals surface area contributed by atoms with Gasteiger partial charge in [-0.05, 0) is 79.8 Å². The van der Waals surface area contributed by atoms with Crippen LogP contribution in [0.5, 0.6) is 5.75 Å². The molecule has 43 heavy (non-hydrogen) atoms. The summed E-state index contributed by atoms with van der Waals surface area (Å²) in [5.74, 6) is -0.916. The summed E-state index contributed by atoms with van der Waals surface area (Å²) in [6.45, 7) is 5.35. The highest BCUT2D eigenvalue weighted by Gasteiger charge is 2.19. The van der Waals surface area contributed by atoms with Crippen LogP contribution < -0.4 is 4.74 Å². The molecular formula is C29H32N2O10S2. The van der Waals surface area contributed by atoms with Crippen LogP contribution in [0.1, 0.15) is 47.2 Å². The average molecular weight is 633 g/mol. The van der Waals surface area contributed by atoms with E-state index in [4.69, 9.17) is 14.7 Å². The van der Waals surface area contributed by atoms with Gasteiger partial charge in [-0.25, -0.2) is 14.8 Å². The molecule has 4 N–H and O–H groups in total. The molecule has 3 aromatic rings. The first-order chi connectivity index (χ1) is 20.6. The van der Waals surface area contributed by atoms with Gasteiger partial charge in [0.1, 0.15) is 16.6 Å². The van der Waals surface area contributed by atoms with E-state index in [0.717, 1.165) is 43.7 Å². The summed E-state index contributed by atoms with van der Waals surface area (Å²) in [5, 5.41) is 20.4. The minimum atomic E-state index is -3.93. The highest BCUT2D eigenvalue weighted by molar-refractivity contribution is 8.19. The number of esters is 2. The van der Waals surface area contributed by atoms with Crippen LogP contribution in [0.15, 0.2) is 93.3 Å². The van der Waals surface area contributed by atoms with Gasteiger partial charge in [-0.15, -0.1) is 4.33 Å². The Morgan fingerprint density at radius 2 is 1.60 bits per heavy atom. The molecule has 14 heteroatoms. The summed E-state index contributed by atoms with van der Waals surface area (Å²) in [4.78, 5) is 24.0. The number of benzene rings is 3. The monoisotopic (exact) mass is 632 g/mol. The molecule has 0 radical (unpaired) electrons. The number of hydrogen-bond donors (Lipinski definition) is 4. The summed E-state index contributed by atoms with van der Waals surface area (Å²) in [6.07, 6.45) is 5.64. The van der Waals surface area contributed by atoms with Crippen molar-refractivity contribution < 1.29 is 47.4 Å². The third-order valence-corrected chi connectivity index (χ3v) is 7.65. The maximum Gasteiger partial charge on any atom is 0.343 e. The highest BCUT2D eigenvalue weighted by Crippen LogP contribution is 2.46. The van der Waals surface area contributed by atoms with Gasteiger partial charge in [-0.2, -0.15) is 10.2 Å². The second-order valence-corrected chi connectivity index (χ2v) is 11.4. The second-order valence-electron chi connectivity index (χ2n) is 9.15. The normalized spacial score (nSPS) is 11.8. The van der Waals surface area contributed by atoms with E-state index in [-0.39, 0.29) is 21.2 Å². The van der Waals surface area contributed by atoms with Gasteiger partial charge < -0.3 is 23.1 Å². The van der Waals surface area contributed by atoms with Crippen LogP contribution in [0.2, 0.25) is 0 Å². The molecule has 12 nitrogen and oxygen atoms in total. The maximum absolute atomic E-state index is 12.8. The standard InChI is InChI=1S/C29H32N2O10S2/c1-3-28(32)38-17-7-5-4-6-8-21-10-12-22(13-11-21)29(33)39-25-16-15-23(18-26(25)42-41-40-34)30-31-24-14-9-20(2)27(19-24)43(35,36)37/h3,9-16,18-19,34-37H,1,4-8,17H2,2H3. The zero-order valence-corrected chi connectivity index (χ0v) is 24.9. The Labute approximate surface area is 254 Å². The van der Waals surface area contributed by atoms with E-state index in [9.17, 15) is 23.2 Å². The summed E-state index contributed by atoms with van der Waals surface area (Å²) in [7, 11) is -3.93. The predicted molar refractivity (Wildman–Crippen MR) is 161 cm³/mol. The van der Waals surface area contributed by atoms with Crippen molar-refractivity contribution in [3.63, 3.8) is 0 Å². The van der Waals surface area contributed by atoms with Crippen LogP contribution in [0.25, 0.3) is 0 Å². The van der Waals surface area contributed by atoms with Crippen LogP contribution in [0.4, 0.5) is 11.4 Å². The van der Waals surface area contributed by atoms with E-state index >= 15 is 0 Å². The molecule has 230 valence electrons. The van der Waals surface area contributed by atoms with E-state index in [1.165, 1.54) is 24.3 Å². The van der Waals surface area contributed by atoms with Gasteiger partial charge in [0.05, 0.1) is 45.4 Å². The molecule has 0 amide bonds. The van der Waals surface area contributed by atoms with Crippen molar-refractivity contribution in [1.29, 1.82) is 0 Å². The van der Waals surface area contributed by atoms with Gasteiger partial charge in [-0.3, -0.25) is 0 Å². The van der Waals surface area contributed by atoms with Crippen LogP contribution in [0, 0.1) is 6.92 Å². The minimum absolute atomic E-state index is 0.0651. The fourth-order valence-electron chi connectivity index (χ4n) is 3.80. The van der Waals surface area contributed by atoms with Crippen molar-refractivity contribution in [2.45, 2.75) is 48.8 Å². The number of azo groups is 1. The topological polar surface area (TPSA) is 177 Å². The molecule has 0 saturated heterocycles. The zero-order chi connectivity index (χ0) is 31.2. The van der Waals surface area contributed by atoms with Crippen LogP contribution >= 0.6 is 22.9 Å². The lowest BCUT2D eigenvalue weighted by Gasteiger charge is -2.21. The van der Waals surface area contributed by atoms with Crippen LogP contribution in [-0.4, -0.2) is 37.5 Å². The molecule has 3 rings (SSSR count). The van der Waals surface area contributed by atoms with Crippen molar-refractivity contribution in [3.05, 3.63) is 90.0 Å². The Kier molecular flexibility index (Phi) is 13.3. The summed E-state index contributed by atoms with van der Waals surface area (Å²) in [6, 6.07) is 16.0. The number of unbranched alkanes of at least 4 members (excludes halogenated alkanes) is 3. The molecule has 0 fully saturated rings. The molecule has 0 aliphatic carbocycles. The first kappa shape index (κ1) is 33.9. The molecule has 3 aromatic carbocycles. The third kappa shape index (κ3) is 11.2. The highest BCUT2D eigenvalue weighted by atomic mass is 32.3. The Bertz CT molecular complexity index is 1430. The zero-order valence-electron chi connectivity index (χ0n) is 23.2. The van der Waals surface area contributed by atoms with E-state index in [1.807, 2.05) is 12.1 Å². The smallest absolute Gasteiger partial charge is 0.343 e. The lowest BCUT2D eigenvalue weighted by Crippen LogP contribution is -2.09. The summed E-state index contributed by atoms with van der Waals surface area (Å²) >= 11 is 0.573. The van der Waals surface area contributed by atoms with Gasteiger partial charge in [0, 0.05) is 6.08 Å². The van der Waals surface area contributed by atoms with Gasteiger partial charge in [0.25, 0.3) is 0 Å². The van der Waals surface area contributed by atoms with Gasteiger partial charge in [0.2, 0.25) is 0 Å². The van der Waals surface area contributed by atoms with E-state index in [2.05, 4.69) is 26.2 Å².